The number of nitrogens with zero attached hydrogens (tertiary/aromatic N) is 2. The van der Waals surface area contributed by atoms with E-state index in [1.165, 1.54) is 0 Å². The summed E-state index contributed by atoms with van der Waals surface area (Å²) in [5, 5.41) is 10.6. The average Bonchev–Trinajstić information content (AvgIpc) is 3.08. The summed E-state index contributed by atoms with van der Waals surface area (Å²) in [6, 6.07) is 16.7. The zero-order valence-electron chi connectivity index (χ0n) is 15.9. The number of hydrogen-bond donors (Lipinski definition) is 1. The zero-order valence-corrected chi connectivity index (χ0v) is 16.6. The molecule has 1 N–H and O–H groups in total. The molecule has 0 saturated heterocycles. The molecule has 3 aromatic carbocycles. The molecule has 0 aliphatic carbocycles. The van der Waals surface area contributed by atoms with Crippen LogP contribution in [0.15, 0.2) is 60.9 Å². The molecule has 4 aromatic rings. The third-order valence-corrected chi connectivity index (χ3v) is 5.27. The lowest BCUT2D eigenvalue weighted by atomic mass is 9.98. The Bertz CT molecular complexity index is 1190. The molecule has 0 spiro atoms. The number of halogens is 2. The van der Waals surface area contributed by atoms with Crippen molar-refractivity contribution in [2.75, 3.05) is 0 Å². The van der Waals surface area contributed by atoms with E-state index in [1.807, 2.05) is 47.0 Å². The van der Waals surface area contributed by atoms with Gasteiger partial charge in [-0.05, 0) is 67.8 Å². The van der Waals surface area contributed by atoms with Crippen LogP contribution < -0.4 is 0 Å². The van der Waals surface area contributed by atoms with Crippen molar-refractivity contribution in [1.82, 2.24) is 9.55 Å². The second-order valence-corrected chi connectivity index (χ2v) is 7.89. The first-order chi connectivity index (χ1) is 13.3. The Morgan fingerprint density at radius 1 is 1.07 bits per heavy atom. The zero-order chi connectivity index (χ0) is 20.1. The second kappa shape index (κ2) is 6.73. The van der Waals surface area contributed by atoms with Crippen LogP contribution in [0.1, 0.15) is 25.0 Å². The molecular weight excluding hydrogens is 375 g/mol. The Hall–Kier alpha value is -2.69. The molecule has 0 radical (unpaired) electrons. The SMILES string of the molecule is Cc1ccc(Cl)c(-c2cccc(-n3cnc4cc(C(C)(C)O)ccc43)c2)c1F. The maximum atomic E-state index is 14.7. The summed E-state index contributed by atoms with van der Waals surface area (Å²) < 4.78 is 16.6. The van der Waals surface area contributed by atoms with Crippen molar-refractivity contribution in [2.24, 2.45) is 0 Å². The third kappa shape index (κ3) is 3.19. The van der Waals surface area contributed by atoms with Crippen LogP contribution in [0.25, 0.3) is 27.8 Å². The molecule has 1 aromatic heterocycles. The van der Waals surface area contributed by atoms with Crippen LogP contribution in [0.3, 0.4) is 0 Å². The number of fused-ring (bicyclic) bond motifs is 1. The molecule has 0 saturated carbocycles. The number of benzene rings is 3. The fourth-order valence-corrected chi connectivity index (χ4v) is 3.59. The van der Waals surface area contributed by atoms with Gasteiger partial charge < -0.3 is 5.11 Å². The summed E-state index contributed by atoms with van der Waals surface area (Å²) >= 11 is 6.29. The van der Waals surface area contributed by atoms with Crippen LogP contribution >= 0.6 is 11.6 Å². The van der Waals surface area contributed by atoms with Gasteiger partial charge in [0.05, 0.1) is 21.7 Å². The van der Waals surface area contributed by atoms with E-state index in [4.69, 9.17) is 11.6 Å². The molecule has 5 heteroatoms. The second-order valence-electron chi connectivity index (χ2n) is 7.48. The van der Waals surface area contributed by atoms with Crippen molar-refractivity contribution in [3.05, 3.63) is 82.9 Å². The number of hydrogen-bond acceptors (Lipinski definition) is 2. The van der Waals surface area contributed by atoms with Gasteiger partial charge in [0, 0.05) is 11.3 Å². The molecule has 0 unspecified atom stereocenters. The van der Waals surface area contributed by atoms with Gasteiger partial charge in [0.2, 0.25) is 0 Å². The summed E-state index contributed by atoms with van der Waals surface area (Å²) in [5.74, 6) is -0.310. The Kier molecular flexibility index (Phi) is 4.48. The van der Waals surface area contributed by atoms with Crippen molar-refractivity contribution >= 4 is 22.6 Å². The smallest absolute Gasteiger partial charge is 0.135 e. The van der Waals surface area contributed by atoms with E-state index in [0.717, 1.165) is 22.3 Å². The average molecular weight is 395 g/mol. The topological polar surface area (TPSA) is 38.0 Å². The molecule has 3 nitrogen and oxygen atoms in total. The predicted octanol–water partition coefficient (Wildman–Crippen LogP) is 6.02. The Labute approximate surface area is 168 Å². The van der Waals surface area contributed by atoms with E-state index >= 15 is 0 Å². The van der Waals surface area contributed by atoms with Crippen LogP contribution in [0.5, 0.6) is 0 Å². The molecule has 0 bridgehead atoms. The molecule has 28 heavy (non-hydrogen) atoms. The van der Waals surface area contributed by atoms with Crippen LogP contribution in [0, 0.1) is 12.7 Å². The van der Waals surface area contributed by atoms with Crippen LogP contribution in [0.2, 0.25) is 5.02 Å². The molecule has 0 atom stereocenters. The Morgan fingerprint density at radius 2 is 1.86 bits per heavy atom. The lowest BCUT2D eigenvalue weighted by Crippen LogP contribution is -2.15. The molecule has 1 heterocycles. The normalized spacial score (nSPS) is 11.9. The molecule has 0 aliphatic heterocycles. The quantitative estimate of drug-likeness (QED) is 0.461. The van der Waals surface area contributed by atoms with Crippen molar-refractivity contribution < 1.29 is 9.50 Å². The number of aliphatic hydroxyl groups is 1. The van der Waals surface area contributed by atoms with Gasteiger partial charge in [-0.25, -0.2) is 9.37 Å². The highest BCUT2D eigenvalue weighted by Crippen LogP contribution is 2.34. The van der Waals surface area contributed by atoms with Gasteiger partial charge in [-0.15, -0.1) is 0 Å². The fraction of sp³-hybridized carbons (Fsp3) is 0.174. The van der Waals surface area contributed by atoms with Crippen molar-refractivity contribution in [2.45, 2.75) is 26.4 Å². The van der Waals surface area contributed by atoms with E-state index in [-0.39, 0.29) is 5.82 Å². The van der Waals surface area contributed by atoms with Crippen molar-refractivity contribution in [3.63, 3.8) is 0 Å². The Morgan fingerprint density at radius 3 is 2.61 bits per heavy atom. The van der Waals surface area contributed by atoms with E-state index in [9.17, 15) is 9.50 Å². The Balaban J connectivity index is 1.84. The van der Waals surface area contributed by atoms with Gasteiger partial charge in [0.25, 0.3) is 0 Å². The van der Waals surface area contributed by atoms with Crippen molar-refractivity contribution in [3.8, 4) is 16.8 Å². The van der Waals surface area contributed by atoms with Crippen molar-refractivity contribution in [1.29, 1.82) is 0 Å². The molecule has 0 aliphatic rings. The minimum atomic E-state index is -0.933. The van der Waals surface area contributed by atoms with E-state index in [2.05, 4.69) is 4.98 Å². The first-order valence-corrected chi connectivity index (χ1v) is 9.39. The largest absolute Gasteiger partial charge is 0.386 e. The summed E-state index contributed by atoms with van der Waals surface area (Å²) in [6.45, 7) is 5.21. The summed E-state index contributed by atoms with van der Waals surface area (Å²) in [7, 11) is 0. The lowest BCUT2D eigenvalue weighted by molar-refractivity contribution is 0.0787. The molecule has 0 fully saturated rings. The maximum Gasteiger partial charge on any atom is 0.135 e. The van der Waals surface area contributed by atoms with Gasteiger partial charge in [-0.2, -0.15) is 0 Å². The summed E-state index contributed by atoms with van der Waals surface area (Å²) in [5.41, 5.74) is 4.07. The maximum absolute atomic E-state index is 14.7. The van der Waals surface area contributed by atoms with E-state index in [1.54, 1.807) is 39.2 Å². The van der Waals surface area contributed by atoms with Gasteiger partial charge in [-0.3, -0.25) is 4.57 Å². The summed E-state index contributed by atoms with van der Waals surface area (Å²) in [6.07, 6.45) is 1.73. The number of aromatic nitrogens is 2. The molecular formula is C23H20ClFN2O. The predicted molar refractivity (Wildman–Crippen MR) is 111 cm³/mol. The van der Waals surface area contributed by atoms with Crippen LogP contribution in [-0.2, 0) is 5.60 Å². The number of imidazole rings is 1. The first-order valence-electron chi connectivity index (χ1n) is 9.01. The van der Waals surface area contributed by atoms with Crippen LogP contribution in [-0.4, -0.2) is 14.7 Å². The highest BCUT2D eigenvalue weighted by Gasteiger charge is 2.18. The lowest BCUT2D eigenvalue weighted by Gasteiger charge is -2.17. The number of rotatable bonds is 3. The standard InChI is InChI=1S/C23H20ClFN2O/c1-14-7-9-18(24)21(22(14)25)15-5-4-6-17(11-15)27-13-26-19-12-16(23(2,3)28)8-10-20(19)27/h4-13,28H,1-3H3. The summed E-state index contributed by atoms with van der Waals surface area (Å²) in [4.78, 5) is 4.47. The monoisotopic (exact) mass is 394 g/mol. The van der Waals surface area contributed by atoms with E-state index in [0.29, 0.717) is 21.7 Å². The van der Waals surface area contributed by atoms with Gasteiger partial charge >= 0.3 is 0 Å². The minimum absolute atomic E-state index is 0.310. The van der Waals surface area contributed by atoms with Crippen LogP contribution in [0.4, 0.5) is 4.39 Å². The van der Waals surface area contributed by atoms with E-state index < -0.39 is 5.60 Å². The van der Waals surface area contributed by atoms with Gasteiger partial charge in [0.1, 0.15) is 12.1 Å². The highest BCUT2D eigenvalue weighted by atomic mass is 35.5. The van der Waals surface area contributed by atoms with Gasteiger partial charge in [0.15, 0.2) is 0 Å². The fourth-order valence-electron chi connectivity index (χ4n) is 3.33. The highest BCUT2D eigenvalue weighted by molar-refractivity contribution is 6.33. The minimum Gasteiger partial charge on any atom is -0.386 e. The third-order valence-electron chi connectivity index (χ3n) is 4.95. The molecule has 4 rings (SSSR count). The molecule has 142 valence electrons. The number of aryl methyl sites for hydroxylation is 1. The van der Waals surface area contributed by atoms with Gasteiger partial charge in [-0.1, -0.05) is 35.9 Å². The first kappa shape index (κ1) is 18.7. The molecule has 0 amide bonds.